The summed E-state index contributed by atoms with van der Waals surface area (Å²) < 4.78 is 92.4. The van der Waals surface area contributed by atoms with Crippen LogP contribution in [0.3, 0.4) is 0 Å². The summed E-state index contributed by atoms with van der Waals surface area (Å²) in [5, 5.41) is 1.89. The van der Waals surface area contributed by atoms with Crippen molar-refractivity contribution in [2.45, 2.75) is 62.2 Å². The predicted octanol–water partition coefficient (Wildman–Crippen LogP) is 5.08. The molecule has 2 aromatic rings. The van der Waals surface area contributed by atoms with Crippen LogP contribution in [0, 0.1) is 11.7 Å². The Balaban J connectivity index is 1.37. The Morgan fingerprint density at radius 1 is 1.26 bits per heavy atom. The number of fused-ring (bicyclic) bond motifs is 2. The third-order valence-corrected chi connectivity index (χ3v) is 9.33. The highest BCUT2D eigenvalue weighted by Gasteiger charge is 2.58. The zero-order valence-electron chi connectivity index (χ0n) is 20.5. The molecule has 1 aliphatic carbocycles. The number of benzene rings is 1. The van der Waals surface area contributed by atoms with Gasteiger partial charge in [0.25, 0.3) is 18.0 Å². The number of hydrogen-bond donors (Lipinski definition) is 2. The van der Waals surface area contributed by atoms with E-state index < -0.39 is 59.5 Å². The van der Waals surface area contributed by atoms with E-state index >= 15 is 4.39 Å². The van der Waals surface area contributed by atoms with Crippen LogP contribution < -0.4 is 20.3 Å². The van der Waals surface area contributed by atoms with Gasteiger partial charge in [-0.3, -0.25) is 14.7 Å². The lowest BCUT2D eigenvalue weighted by atomic mass is 9.95. The van der Waals surface area contributed by atoms with E-state index in [9.17, 15) is 26.7 Å². The van der Waals surface area contributed by atoms with Crippen LogP contribution in [0.2, 0.25) is 5.02 Å². The smallest absolute Gasteiger partial charge is 0.297 e. The van der Waals surface area contributed by atoms with Crippen molar-refractivity contribution in [3.05, 3.63) is 25.7 Å². The lowest BCUT2D eigenvalue weighted by Gasteiger charge is -2.30. The molecule has 3 fully saturated rings. The Morgan fingerprint density at radius 3 is 2.72 bits per heavy atom. The molecule has 7 nitrogen and oxygen atoms in total. The molecule has 1 aromatic carbocycles. The third kappa shape index (κ3) is 5.45. The number of nitrogens with one attached hydrogen (secondary N) is 2. The summed E-state index contributed by atoms with van der Waals surface area (Å²) in [4.78, 5) is 21.6. The number of rotatable bonds is 11. The molecule has 3 aliphatic rings. The minimum Gasteiger partial charge on any atom is -0.491 e. The van der Waals surface area contributed by atoms with Crippen molar-refractivity contribution in [1.29, 1.82) is 0 Å². The second kappa shape index (κ2) is 10.9. The molecule has 0 amide bonds. The Hall–Kier alpha value is -1.77. The van der Waals surface area contributed by atoms with Crippen LogP contribution in [0.5, 0.6) is 11.8 Å². The Bertz CT molecular complexity index is 1300. The monoisotopic (exact) mass is 646 g/mol. The van der Waals surface area contributed by atoms with Crippen LogP contribution in [0.1, 0.15) is 32.1 Å². The molecule has 2 unspecified atom stereocenters. The SMILES string of the molecule is O=c1[nH]c(OC[C@@]23CCCN2C[C@H](F)C3)nc2c(F)c(Br)c(Cl)c(OCCC3(NCC(F)F)CC3C(F)F)c12. The van der Waals surface area contributed by atoms with E-state index in [4.69, 9.17) is 21.1 Å². The van der Waals surface area contributed by atoms with E-state index in [0.29, 0.717) is 13.0 Å². The Morgan fingerprint density at radius 2 is 2.03 bits per heavy atom. The number of nitrogens with zero attached hydrogens (tertiary/aromatic N) is 2. The minimum absolute atomic E-state index is 0.0206. The number of hydrogen-bond acceptors (Lipinski definition) is 6. The molecule has 5 rings (SSSR count). The van der Waals surface area contributed by atoms with Gasteiger partial charge in [-0.05, 0) is 41.7 Å². The number of alkyl halides is 5. The molecule has 2 N–H and O–H groups in total. The summed E-state index contributed by atoms with van der Waals surface area (Å²) in [6.45, 7) is 0.0752. The van der Waals surface area contributed by atoms with Crippen molar-refractivity contribution in [1.82, 2.24) is 20.2 Å². The van der Waals surface area contributed by atoms with Gasteiger partial charge in [0.2, 0.25) is 6.43 Å². The number of aromatic amines is 1. The maximum absolute atomic E-state index is 15.2. The average molecular weight is 648 g/mol. The van der Waals surface area contributed by atoms with Crippen molar-refractivity contribution in [3.8, 4) is 11.8 Å². The molecule has 2 aliphatic heterocycles. The van der Waals surface area contributed by atoms with Gasteiger partial charge in [0, 0.05) is 30.8 Å². The molecule has 0 radical (unpaired) electrons. The standard InChI is InChI=1S/C24H26BrClF6N4O3/c25-15-16(26)19(38-5-3-24(33-8-13(28)29)7-12(24)20(31)32)14-18(17(15)30)34-22(35-21(14)37)39-10-23-2-1-4-36(23)9-11(27)6-23/h11-13,20,33H,1-10H2,(H,34,35,37)/t11-,12?,23+,24?/m1/s1. The molecule has 3 heterocycles. The van der Waals surface area contributed by atoms with E-state index in [1.165, 1.54) is 0 Å². The number of H-pyrrole nitrogens is 1. The van der Waals surface area contributed by atoms with E-state index in [2.05, 4.69) is 31.2 Å². The van der Waals surface area contributed by atoms with Crippen molar-refractivity contribution in [3.63, 3.8) is 0 Å². The van der Waals surface area contributed by atoms with E-state index in [-0.39, 0.29) is 52.7 Å². The van der Waals surface area contributed by atoms with Crippen LogP contribution in [-0.4, -0.2) is 77.8 Å². The summed E-state index contributed by atoms with van der Waals surface area (Å²) in [6.07, 6.45) is -4.62. The predicted molar refractivity (Wildman–Crippen MR) is 135 cm³/mol. The highest BCUT2D eigenvalue weighted by molar-refractivity contribution is 9.10. The molecule has 2 saturated heterocycles. The fourth-order valence-electron chi connectivity index (χ4n) is 5.95. The number of ether oxygens (including phenoxy) is 2. The van der Waals surface area contributed by atoms with Gasteiger partial charge in [0.05, 0.1) is 23.2 Å². The molecule has 15 heteroatoms. The van der Waals surface area contributed by atoms with Crippen LogP contribution in [0.4, 0.5) is 26.3 Å². The number of halogens is 8. The normalized spacial score (nSPS) is 28.6. The van der Waals surface area contributed by atoms with E-state index in [1.807, 2.05) is 4.90 Å². The lowest BCUT2D eigenvalue weighted by molar-refractivity contribution is 0.0945. The zero-order chi connectivity index (χ0) is 28.1. The summed E-state index contributed by atoms with van der Waals surface area (Å²) in [5.41, 5.74) is -3.00. The molecule has 0 spiro atoms. The Kier molecular flexibility index (Phi) is 8.03. The minimum atomic E-state index is -2.72. The van der Waals surface area contributed by atoms with E-state index in [0.717, 1.165) is 19.4 Å². The number of aromatic nitrogens is 2. The van der Waals surface area contributed by atoms with Gasteiger partial charge in [0.1, 0.15) is 28.7 Å². The average Bonchev–Trinajstić information content (AvgIpc) is 3.35. The first-order valence-electron chi connectivity index (χ1n) is 12.5. The highest BCUT2D eigenvalue weighted by Crippen LogP contribution is 2.50. The summed E-state index contributed by atoms with van der Waals surface area (Å²) in [7, 11) is 0. The van der Waals surface area contributed by atoms with Gasteiger partial charge in [-0.15, -0.1) is 0 Å². The first-order chi connectivity index (χ1) is 18.5. The van der Waals surface area contributed by atoms with Crippen LogP contribution >= 0.6 is 27.5 Å². The third-order valence-electron chi connectivity index (χ3n) is 8.00. The summed E-state index contributed by atoms with van der Waals surface area (Å²) in [5.74, 6) is -2.31. The molecule has 216 valence electrons. The van der Waals surface area contributed by atoms with Gasteiger partial charge < -0.3 is 14.8 Å². The van der Waals surface area contributed by atoms with Gasteiger partial charge in [-0.1, -0.05) is 11.6 Å². The van der Waals surface area contributed by atoms with Crippen LogP contribution in [-0.2, 0) is 0 Å². The maximum atomic E-state index is 15.2. The Labute approximate surface area is 232 Å². The van der Waals surface area contributed by atoms with Crippen LogP contribution in [0.25, 0.3) is 10.9 Å². The second-order valence-corrected chi connectivity index (χ2v) is 11.6. The van der Waals surface area contributed by atoms with Gasteiger partial charge in [-0.25, -0.2) is 26.3 Å². The van der Waals surface area contributed by atoms with Crippen molar-refractivity contribution in [2.75, 3.05) is 32.8 Å². The van der Waals surface area contributed by atoms with Gasteiger partial charge in [-0.2, -0.15) is 4.98 Å². The van der Waals surface area contributed by atoms with Crippen molar-refractivity contribution >= 4 is 38.4 Å². The molecular formula is C24H26BrClF6N4O3. The van der Waals surface area contributed by atoms with Gasteiger partial charge in [0.15, 0.2) is 11.6 Å². The quantitative estimate of drug-likeness (QED) is 0.262. The van der Waals surface area contributed by atoms with Crippen LogP contribution in [0.15, 0.2) is 9.27 Å². The first kappa shape index (κ1) is 28.7. The fourth-order valence-corrected chi connectivity index (χ4v) is 6.55. The van der Waals surface area contributed by atoms with Crippen molar-refractivity contribution in [2.24, 2.45) is 5.92 Å². The van der Waals surface area contributed by atoms with Crippen molar-refractivity contribution < 1.29 is 35.8 Å². The molecule has 39 heavy (non-hydrogen) atoms. The highest BCUT2D eigenvalue weighted by atomic mass is 79.9. The lowest BCUT2D eigenvalue weighted by Crippen LogP contribution is -2.43. The topological polar surface area (TPSA) is 79.5 Å². The molecule has 1 saturated carbocycles. The molecule has 0 bridgehead atoms. The molecule has 4 atom stereocenters. The first-order valence-corrected chi connectivity index (χ1v) is 13.7. The summed E-state index contributed by atoms with van der Waals surface area (Å²) >= 11 is 9.28. The fraction of sp³-hybridized carbons (Fsp3) is 0.667. The second-order valence-electron chi connectivity index (χ2n) is 10.4. The molecule has 1 aromatic heterocycles. The van der Waals surface area contributed by atoms with Gasteiger partial charge >= 0.3 is 0 Å². The maximum Gasteiger partial charge on any atom is 0.297 e. The molecular weight excluding hydrogens is 622 g/mol. The summed E-state index contributed by atoms with van der Waals surface area (Å²) in [6, 6.07) is -0.261. The van der Waals surface area contributed by atoms with E-state index in [1.54, 1.807) is 0 Å². The largest absolute Gasteiger partial charge is 0.491 e. The zero-order valence-corrected chi connectivity index (χ0v) is 22.9.